The van der Waals surface area contributed by atoms with Crippen LogP contribution in [0.15, 0.2) is 18.2 Å². The van der Waals surface area contributed by atoms with Crippen molar-refractivity contribution in [2.75, 3.05) is 32.7 Å². The van der Waals surface area contributed by atoms with E-state index in [1.807, 2.05) is 0 Å². The Morgan fingerprint density at radius 2 is 2.05 bits per heavy atom. The van der Waals surface area contributed by atoms with Gasteiger partial charge in [-0.25, -0.2) is 0 Å². The third kappa shape index (κ3) is 4.38. The Morgan fingerprint density at radius 3 is 2.60 bits per heavy atom. The van der Waals surface area contributed by atoms with Crippen molar-refractivity contribution in [3.8, 4) is 5.75 Å². The summed E-state index contributed by atoms with van der Waals surface area (Å²) in [4.78, 5) is 10.7. The van der Waals surface area contributed by atoms with Crippen LogP contribution in [0.3, 0.4) is 0 Å². The molecule has 0 aromatic heterocycles. The Morgan fingerprint density at radius 1 is 1.35 bits per heavy atom. The summed E-state index contributed by atoms with van der Waals surface area (Å²) in [5.41, 5.74) is 0.421. The van der Waals surface area contributed by atoms with E-state index in [1.54, 1.807) is 25.3 Å². The molecule has 0 fully saturated rings. The summed E-state index contributed by atoms with van der Waals surface area (Å²) >= 11 is 0. The molecule has 20 heavy (non-hydrogen) atoms. The fourth-order valence-corrected chi connectivity index (χ4v) is 1.82. The number of nitrogens with one attached hydrogen (secondary N) is 1. The second-order valence-corrected chi connectivity index (χ2v) is 5.37. The molecule has 0 radical (unpaired) electrons. The quantitative estimate of drug-likeness (QED) is 0.586. The second-order valence-electron chi connectivity index (χ2n) is 5.37. The zero-order valence-corrected chi connectivity index (χ0v) is 12.4. The highest BCUT2D eigenvalue weighted by Crippen LogP contribution is 2.35. The van der Waals surface area contributed by atoms with E-state index in [0.29, 0.717) is 18.8 Å². The summed E-state index contributed by atoms with van der Waals surface area (Å²) in [5, 5.41) is 14.3. The van der Waals surface area contributed by atoms with Crippen molar-refractivity contribution in [3.05, 3.63) is 28.3 Å². The molecule has 112 valence electrons. The Balaban J connectivity index is 2.85. The molecule has 0 aliphatic heterocycles. The molecule has 0 saturated carbocycles. The van der Waals surface area contributed by atoms with Crippen molar-refractivity contribution in [3.63, 3.8) is 0 Å². The number of nitro benzene ring substituents is 1. The van der Waals surface area contributed by atoms with Gasteiger partial charge in [-0.15, -0.1) is 0 Å². The highest BCUT2D eigenvalue weighted by Gasteiger charge is 2.23. The van der Waals surface area contributed by atoms with Gasteiger partial charge in [-0.05, 0) is 24.0 Å². The lowest BCUT2D eigenvalue weighted by Crippen LogP contribution is -2.25. The molecule has 1 N–H and O–H groups in total. The molecule has 0 saturated heterocycles. The first-order valence-corrected chi connectivity index (χ1v) is 6.45. The Bertz CT molecular complexity index is 460. The number of ether oxygens (including phenoxy) is 2. The van der Waals surface area contributed by atoms with Crippen molar-refractivity contribution < 1.29 is 14.4 Å². The van der Waals surface area contributed by atoms with Gasteiger partial charge >= 0.3 is 5.69 Å². The van der Waals surface area contributed by atoms with E-state index in [0.717, 1.165) is 6.42 Å². The number of hydrogen-bond donors (Lipinski definition) is 1. The lowest BCUT2D eigenvalue weighted by molar-refractivity contribution is -0.384. The number of nitro groups is 1. The third-order valence-electron chi connectivity index (χ3n) is 3.14. The summed E-state index contributed by atoms with van der Waals surface area (Å²) in [6.07, 6.45) is 0.869. The van der Waals surface area contributed by atoms with Gasteiger partial charge in [0.15, 0.2) is 5.75 Å². The lowest BCUT2D eigenvalue weighted by Gasteiger charge is -2.25. The average molecular weight is 282 g/mol. The minimum atomic E-state index is -0.427. The predicted molar refractivity (Wildman–Crippen MR) is 78.4 cm³/mol. The average Bonchev–Trinajstić information content (AvgIpc) is 2.42. The molecule has 0 amide bonds. The maximum atomic E-state index is 11.2. The summed E-state index contributed by atoms with van der Waals surface area (Å²) in [5.74, 6) is 0.259. The Kier molecular flexibility index (Phi) is 5.76. The molecule has 1 rings (SSSR count). The fourth-order valence-electron chi connectivity index (χ4n) is 1.82. The predicted octanol–water partition coefficient (Wildman–Crippen LogP) is 3.08. The van der Waals surface area contributed by atoms with Crippen LogP contribution in [0.5, 0.6) is 5.75 Å². The van der Waals surface area contributed by atoms with Gasteiger partial charge < -0.3 is 14.8 Å². The summed E-state index contributed by atoms with van der Waals surface area (Å²) in [7, 11) is 3.09. The van der Waals surface area contributed by atoms with Crippen LogP contribution in [-0.2, 0) is 4.74 Å². The van der Waals surface area contributed by atoms with E-state index in [4.69, 9.17) is 9.47 Å². The number of benzene rings is 1. The van der Waals surface area contributed by atoms with Gasteiger partial charge in [0.1, 0.15) is 5.69 Å². The number of anilines is 1. The van der Waals surface area contributed by atoms with Crippen molar-refractivity contribution in [1.29, 1.82) is 0 Å². The first-order valence-electron chi connectivity index (χ1n) is 6.45. The summed E-state index contributed by atoms with van der Waals surface area (Å²) < 4.78 is 10.1. The van der Waals surface area contributed by atoms with Crippen molar-refractivity contribution in [2.45, 2.75) is 20.3 Å². The molecular weight excluding hydrogens is 260 g/mol. The van der Waals surface area contributed by atoms with Crippen LogP contribution in [0.2, 0.25) is 0 Å². The van der Waals surface area contributed by atoms with E-state index >= 15 is 0 Å². The largest absolute Gasteiger partial charge is 0.490 e. The number of para-hydroxylation sites is 1. The maximum absolute atomic E-state index is 11.2. The topological polar surface area (TPSA) is 73.6 Å². The van der Waals surface area contributed by atoms with Crippen LogP contribution in [-0.4, -0.2) is 32.3 Å². The summed E-state index contributed by atoms with van der Waals surface area (Å²) in [6.45, 7) is 5.45. The number of methoxy groups -OCH3 is 2. The van der Waals surface area contributed by atoms with Crippen LogP contribution < -0.4 is 10.1 Å². The van der Waals surface area contributed by atoms with E-state index in [-0.39, 0.29) is 16.9 Å². The van der Waals surface area contributed by atoms with Crippen LogP contribution in [0.4, 0.5) is 11.4 Å². The zero-order valence-electron chi connectivity index (χ0n) is 12.4. The molecule has 6 heteroatoms. The monoisotopic (exact) mass is 282 g/mol. The van der Waals surface area contributed by atoms with Crippen LogP contribution in [0, 0.1) is 15.5 Å². The van der Waals surface area contributed by atoms with Gasteiger partial charge in [0.05, 0.1) is 12.0 Å². The van der Waals surface area contributed by atoms with E-state index in [9.17, 15) is 10.1 Å². The first-order chi connectivity index (χ1) is 9.41. The fraction of sp³-hybridized carbons (Fsp3) is 0.571. The second kappa shape index (κ2) is 7.09. The Labute approximate surface area is 119 Å². The number of rotatable bonds is 8. The van der Waals surface area contributed by atoms with Crippen LogP contribution >= 0.6 is 0 Å². The Hall–Kier alpha value is -1.82. The van der Waals surface area contributed by atoms with Gasteiger partial charge in [-0.3, -0.25) is 10.1 Å². The van der Waals surface area contributed by atoms with E-state index in [2.05, 4.69) is 19.2 Å². The van der Waals surface area contributed by atoms with Gasteiger partial charge in [0, 0.05) is 20.3 Å². The summed E-state index contributed by atoms with van der Waals surface area (Å²) in [6, 6.07) is 5.00. The van der Waals surface area contributed by atoms with Crippen LogP contribution in [0.1, 0.15) is 20.3 Å². The minimum absolute atomic E-state index is 0.0209. The number of nitrogens with zero attached hydrogens (tertiary/aromatic N) is 1. The van der Waals surface area contributed by atoms with Gasteiger partial charge in [-0.2, -0.15) is 0 Å². The minimum Gasteiger partial charge on any atom is -0.490 e. The van der Waals surface area contributed by atoms with Crippen molar-refractivity contribution in [2.24, 2.45) is 5.41 Å². The SMILES string of the molecule is COCCC(C)(C)CNc1cccc(OC)c1[N+](=O)[O-]. The molecule has 0 aliphatic rings. The standard InChI is InChI=1S/C14H22N2O4/c1-14(2,8-9-19-3)10-15-11-6-5-7-12(20-4)13(11)16(17)18/h5-7,15H,8-10H2,1-4H3. The molecule has 0 atom stereocenters. The smallest absolute Gasteiger partial charge is 0.333 e. The van der Waals surface area contributed by atoms with E-state index < -0.39 is 4.92 Å². The van der Waals surface area contributed by atoms with Crippen LogP contribution in [0.25, 0.3) is 0 Å². The molecule has 0 spiro atoms. The van der Waals surface area contributed by atoms with Gasteiger partial charge in [0.25, 0.3) is 0 Å². The molecule has 1 aromatic carbocycles. The number of hydrogen-bond acceptors (Lipinski definition) is 5. The molecule has 6 nitrogen and oxygen atoms in total. The lowest BCUT2D eigenvalue weighted by atomic mass is 9.89. The zero-order chi connectivity index (χ0) is 15.2. The van der Waals surface area contributed by atoms with Gasteiger partial charge in [0.2, 0.25) is 0 Å². The molecular formula is C14H22N2O4. The molecule has 0 heterocycles. The highest BCUT2D eigenvalue weighted by atomic mass is 16.6. The van der Waals surface area contributed by atoms with Crippen molar-refractivity contribution >= 4 is 11.4 Å². The molecule has 0 unspecified atom stereocenters. The molecule has 1 aromatic rings. The first kappa shape index (κ1) is 16.2. The van der Waals surface area contributed by atoms with Gasteiger partial charge in [-0.1, -0.05) is 19.9 Å². The molecule has 0 bridgehead atoms. The normalized spacial score (nSPS) is 11.2. The molecule has 0 aliphatic carbocycles. The van der Waals surface area contributed by atoms with E-state index in [1.165, 1.54) is 7.11 Å². The van der Waals surface area contributed by atoms with Crippen molar-refractivity contribution in [1.82, 2.24) is 0 Å². The maximum Gasteiger partial charge on any atom is 0.333 e. The third-order valence-corrected chi connectivity index (χ3v) is 3.14. The highest BCUT2D eigenvalue weighted by molar-refractivity contribution is 5.68.